The highest BCUT2D eigenvalue weighted by atomic mass is 35.5. The topological polar surface area (TPSA) is 76.9 Å². The second-order valence-corrected chi connectivity index (χ2v) is 12.5. The van der Waals surface area contributed by atoms with Crippen LogP contribution in [0.3, 0.4) is 0 Å². The summed E-state index contributed by atoms with van der Waals surface area (Å²) in [6.45, 7) is 12.7. The summed E-state index contributed by atoms with van der Waals surface area (Å²) < 4.78 is 0. The summed E-state index contributed by atoms with van der Waals surface area (Å²) >= 11 is 8.26. The second-order valence-electron chi connectivity index (χ2n) is 11.0. The van der Waals surface area contributed by atoms with E-state index in [1.165, 1.54) is 50.3 Å². The lowest BCUT2D eigenvalue weighted by molar-refractivity contribution is 0.226. The van der Waals surface area contributed by atoms with Gasteiger partial charge in [0.2, 0.25) is 5.88 Å². The lowest BCUT2D eigenvalue weighted by atomic mass is 9.77. The number of aliphatic hydroxyl groups excluding tert-OH is 1. The number of aromatic nitrogens is 2. The van der Waals surface area contributed by atoms with Gasteiger partial charge in [0.25, 0.3) is 0 Å². The molecule has 3 fully saturated rings. The van der Waals surface area contributed by atoms with Crippen molar-refractivity contribution in [1.29, 1.82) is 0 Å². The quantitative estimate of drug-likeness (QED) is 0.241. The minimum atomic E-state index is -0.0645. The molecule has 1 aliphatic carbocycles. The van der Waals surface area contributed by atoms with E-state index in [4.69, 9.17) is 16.6 Å². The van der Waals surface area contributed by atoms with Crippen LogP contribution in [0.5, 0.6) is 0 Å². The zero-order chi connectivity index (χ0) is 28.1. The average molecular weight is 579 g/mol. The third kappa shape index (κ3) is 6.50. The van der Waals surface area contributed by atoms with Crippen LogP contribution in [0.15, 0.2) is 82.0 Å². The molecule has 1 aromatic heterocycles. The number of nitrogens with zero attached hydrogens (tertiary/aromatic N) is 5. The fourth-order valence-corrected chi connectivity index (χ4v) is 6.98. The predicted octanol–water partition coefficient (Wildman–Crippen LogP) is 8.18. The van der Waals surface area contributed by atoms with Crippen LogP contribution in [0.1, 0.15) is 64.7 Å². The normalized spacial score (nSPS) is 20.5. The van der Waals surface area contributed by atoms with Gasteiger partial charge < -0.3 is 20.2 Å². The molecule has 0 unspecified atom stereocenters. The van der Waals surface area contributed by atoms with E-state index >= 15 is 0 Å². The molecule has 2 aromatic rings. The van der Waals surface area contributed by atoms with Crippen molar-refractivity contribution < 1.29 is 5.11 Å². The third-order valence-corrected chi connectivity index (χ3v) is 10.0. The van der Waals surface area contributed by atoms with Crippen molar-refractivity contribution in [2.75, 3.05) is 29.9 Å². The van der Waals surface area contributed by atoms with Gasteiger partial charge in [0, 0.05) is 42.2 Å². The Bertz CT molecular complexity index is 1290. The molecule has 3 aliphatic rings. The molecule has 0 atom stereocenters. The van der Waals surface area contributed by atoms with Gasteiger partial charge in [-0.15, -0.1) is 0 Å². The fraction of sp³-hybridized carbons (Fsp3) is 0.452. The summed E-state index contributed by atoms with van der Waals surface area (Å²) in [4.78, 5) is 19.1. The van der Waals surface area contributed by atoms with Gasteiger partial charge in [0.1, 0.15) is 16.7 Å². The first kappa shape index (κ1) is 28.6. The Balaban J connectivity index is 1.22. The van der Waals surface area contributed by atoms with Crippen molar-refractivity contribution in [2.24, 2.45) is 10.4 Å². The number of hydrogen-bond donors (Lipinski definition) is 2. The molecule has 1 saturated carbocycles. The van der Waals surface area contributed by atoms with E-state index in [1.54, 1.807) is 13.1 Å². The summed E-state index contributed by atoms with van der Waals surface area (Å²) in [6, 6.07) is 5.78. The Labute approximate surface area is 247 Å². The highest BCUT2D eigenvalue weighted by Crippen LogP contribution is 2.46. The summed E-state index contributed by atoms with van der Waals surface area (Å²) in [5.41, 5.74) is 2.36. The maximum Gasteiger partial charge on any atom is 0.217 e. The number of halogens is 1. The number of aliphatic imine (C=N–C) groups is 1. The van der Waals surface area contributed by atoms with Crippen LogP contribution in [0, 0.1) is 5.41 Å². The van der Waals surface area contributed by atoms with Crippen LogP contribution < -0.4 is 10.2 Å². The Morgan fingerprint density at radius 3 is 2.58 bits per heavy atom. The molecule has 2 aliphatic heterocycles. The summed E-state index contributed by atoms with van der Waals surface area (Å²) in [6.07, 6.45) is 16.5. The van der Waals surface area contributed by atoms with E-state index in [0.29, 0.717) is 27.4 Å². The predicted molar refractivity (Wildman–Crippen MR) is 166 cm³/mol. The van der Waals surface area contributed by atoms with Crippen molar-refractivity contribution in [3.05, 3.63) is 72.1 Å². The van der Waals surface area contributed by atoms with Gasteiger partial charge in [-0.05, 0) is 69.2 Å². The van der Waals surface area contributed by atoms with Gasteiger partial charge in [-0.25, -0.2) is 15.0 Å². The van der Waals surface area contributed by atoms with Crippen molar-refractivity contribution in [3.8, 4) is 0 Å². The Morgan fingerprint density at radius 1 is 1.10 bits per heavy atom. The van der Waals surface area contributed by atoms with Crippen molar-refractivity contribution >= 4 is 40.7 Å². The minimum Gasteiger partial charge on any atom is -0.493 e. The van der Waals surface area contributed by atoms with E-state index in [2.05, 4.69) is 33.4 Å². The number of anilines is 2. The van der Waals surface area contributed by atoms with Gasteiger partial charge in [-0.3, -0.25) is 0 Å². The average Bonchev–Trinajstić information content (AvgIpc) is 3.43. The molecule has 7 nitrogen and oxygen atoms in total. The standard InChI is InChI=1S/C31H39ClN6OS/c1-4-37-17-8-5-12-26(37)36-30(39)22(2)23(3)35-24-10-9-11-25(29(24)32)40-28-21-33-27(20-34-28)38-18-15-31(16-19-38)13-6-7-14-31/h4,9-11,20-21,35,39H,1,3,5-8,12-19H2,2H3/b30-22-,36-26-. The van der Waals surface area contributed by atoms with Gasteiger partial charge in [0.15, 0.2) is 0 Å². The Hall–Kier alpha value is -2.97. The smallest absolute Gasteiger partial charge is 0.217 e. The Kier molecular flexibility index (Phi) is 9.06. The highest BCUT2D eigenvalue weighted by Gasteiger charge is 2.37. The number of piperidine rings is 2. The van der Waals surface area contributed by atoms with Crippen LogP contribution in [-0.4, -0.2) is 45.4 Å². The maximum absolute atomic E-state index is 10.7. The number of rotatable bonds is 8. The van der Waals surface area contributed by atoms with Crippen LogP contribution in [0.4, 0.5) is 11.5 Å². The van der Waals surface area contributed by atoms with Crippen molar-refractivity contribution in [3.63, 3.8) is 0 Å². The van der Waals surface area contributed by atoms with Crippen LogP contribution in [-0.2, 0) is 0 Å². The number of likely N-dealkylation sites (tertiary alicyclic amines) is 1. The van der Waals surface area contributed by atoms with Crippen LogP contribution >= 0.6 is 23.4 Å². The molecular weight excluding hydrogens is 540 g/mol. The molecule has 5 rings (SSSR count). The maximum atomic E-state index is 10.7. The summed E-state index contributed by atoms with van der Waals surface area (Å²) in [7, 11) is 0. The number of hydrogen-bond acceptors (Lipinski definition) is 7. The molecule has 3 heterocycles. The molecule has 9 heteroatoms. The van der Waals surface area contributed by atoms with E-state index in [9.17, 15) is 5.11 Å². The van der Waals surface area contributed by atoms with Crippen LogP contribution in [0.2, 0.25) is 5.02 Å². The van der Waals surface area contributed by atoms with Crippen molar-refractivity contribution in [1.82, 2.24) is 14.9 Å². The fourth-order valence-electron chi connectivity index (χ4n) is 5.91. The van der Waals surface area contributed by atoms with Gasteiger partial charge in [-0.1, -0.05) is 55.4 Å². The first-order valence-electron chi connectivity index (χ1n) is 14.2. The van der Waals surface area contributed by atoms with E-state index in [0.717, 1.165) is 60.5 Å². The molecular formula is C31H39ClN6OS. The zero-order valence-corrected chi connectivity index (χ0v) is 24.9. The van der Waals surface area contributed by atoms with E-state index in [-0.39, 0.29) is 5.88 Å². The van der Waals surface area contributed by atoms with Gasteiger partial charge in [0.05, 0.1) is 23.1 Å². The number of benzene rings is 1. The SMILES string of the molecule is C=CN1CCCC/C1=N/C(O)=C(\C)C(=C)Nc1cccc(Sc2cnc(N3CCC4(CCCC4)CC3)cn2)c1Cl. The number of nitrogens with one attached hydrogen (secondary N) is 1. The molecule has 1 spiro atoms. The number of amidine groups is 1. The number of aliphatic hydroxyl groups is 1. The molecule has 2 N–H and O–H groups in total. The monoisotopic (exact) mass is 578 g/mol. The first-order valence-corrected chi connectivity index (χ1v) is 15.4. The minimum absolute atomic E-state index is 0.0645. The molecule has 0 bridgehead atoms. The van der Waals surface area contributed by atoms with Gasteiger partial charge >= 0.3 is 0 Å². The molecule has 2 saturated heterocycles. The molecule has 212 valence electrons. The van der Waals surface area contributed by atoms with Crippen molar-refractivity contribution in [2.45, 2.75) is 74.6 Å². The van der Waals surface area contributed by atoms with E-state index in [1.807, 2.05) is 35.5 Å². The van der Waals surface area contributed by atoms with Crippen LogP contribution in [0.25, 0.3) is 0 Å². The molecule has 0 amide bonds. The summed E-state index contributed by atoms with van der Waals surface area (Å²) in [5.74, 6) is 1.70. The lowest BCUT2D eigenvalue weighted by Gasteiger charge is -2.39. The zero-order valence-electron chi connectivity index (χ0n) is 23.3. The second kappa shape index (κ2) is 12.7. The molecule has 40 heavy (non-hydrogen) atoms. The van der Waals surface area contributed by atoms with Gasteiger partial charge in [-0.2, -0.15) is 0 Å². The van der Waals surface area contributed by atoms with E-state index < -0.39 is 0 Å². The largest absolute Gasteiger partial charge is 0.493 e. The Morgan fingerprint density at radius 2 is 1.88 bits per heavy atom. The first-order chi connectivity index (χ1) is 19.4. The highest BCUT2D eigenvalue weighted by molar-refractivity contribution is 7.99. The summed E-state index contributed by atoms with van der Waals surface area (Å²) in [5, 5.41) is 15.3. The molecule has 0 radical (unpaired) electrons. The lowest BCUT2D eigenvalue weighted by Crippen LogP contribution is -2.39. The molecule has 1 aromatic carbocycles. The number of allylic oxidation sites excluding steroid dienone is 1. The third-order valence-electron chi connectivity index (χ3n) is 8.51.